The molecule has 0 N–H and O–H groups in total. The number of thiophene rings is 2. The number of hydrogen-bond donors (Lipinski definition) is 0. The van der Waals surface area contributed by atoms with Crippen LogP contribution in [0.1, 0.15) is 126 Å². The van der Waals surface area contributed by atoms with E-state index in [-0.39, 0.29) is 12.1 Å². The highest BCUT2D eigenvalue weighted by atomic mass is 32.1. The summed E-state index contributed by atoms with van der Waals surface area (Å²) >= 11 is 4.20. The zero-order chi connectivity index (χ0) is 53.9. The molecule has 2 nitrogen and oxygen atoms in total. The maximum atomic E-state index is 2.72. The molecule has 6 aliphatic rings. The summed E-state index contributed by atoms with van der Waals surface area (Å²) in [5, 5.41) is 0. The number of benzene rings is 9. The van der Waals surface area contributed by atoms with Crippen LogP contribution in [0.25, 0.3) is 44.5 Å². The van der Waals surface area contributed by atoms with Crippen molar-refractivity contribution in [3.8, 4) is 44.5 Å². The van der Waals surface area contributed by atoms with Gasteiger partial charge in [0.05, 0.1) is 22.2 Å². The number of nitrogens with zero attached hydrogens (tertiary/aromatic N) is 2. The number of rotatable bonds is 4. The Balaban J connectivity index is 1.04. The second-order valence-corrected chi connectivity index (χ2v) is 27.2. The van der Waals surface area contributed by atoms with E-state index in [2.05, 4.69) is 288 Å². The van der Waals surface area contributed by atoms with Crippen molar-refractivity contribution in [3.05, 3.63) is 266 Å². The summed E-state index contributed by atoms with van der Waals surface area (Å²) in [6, 6.07) is 78.6. The van der Waals surface area contributed by atoms with Crippen molar-refractivity contribution < 1.29 is 0 Å². The van der Waals surface area contributed by atoms with Crippen LogP contribution in [-0.2, 0) is 16.2 Å². The normalized spacial score (nSPS) is 15.3. The van der Waals surface area contributed by atoms with Crippen molar-refractivity contribution in [1.29, 1.82) is 0 Å². The third kappa shape index (κ3) is 5.70. The number of aryl methyl sites for hydroxylation is 1. The van der Waals surface area contributed by atoms with Gasteiger partial charge in [0, 0.05) is 53.2 Å². The van der Waals surface area contributed by atoms with Gasteiger partial charge in [0.2, 0.25) is 0 Å². The summed E-state index contributed by atoms with van der Waals surface area (Å²) in [5.74, 6) is 0.791. The predicted octanol–water partition coefficient (Wildman–Crippen LogP) is 18.4. The topological polar surface area (TPSA) is 6.48 Å². The Labute approximate surface area is 478 Å². The molecule has 2 spiro atoms. The smallest absolute Gasteiger partial charge is 0.277 e. The summed E-state index contributed by atoms with van der Waals surface area (Å²) < 4.78 is 2.86. The third-order valence-corrected chi connectivity index (χ3v) is 21.9. The van der Waals surface area contributed by atoms with Gasteiger partial charge in [-0.1, -0.05) is 212 Å². The molecule has 0 atom stereocenters. The van der Waals surface area contributed by atoms with E-state index in [0.29, 0.717) is 11.8 Å². The van der Waals surface area contributed by atoms with Gasteiger partial charge in [-0.05, 0) is 155 Å². The molecule has 0 bridgehead atoms. The van der Waals surface area contributed by atoms with Gasteiger partial charge in [-0.3, -0.25) is 0 Å². The molecule has 4 aliphatic carbocycles. The van der Waals surface area contributed by atoms with Gasteiger partial charge in [0.15, 0.2) is 0 Å². The Kier molecular flexibility index (Phi) is 9.45. The van der Waals surface area contributed by atoms with E-state index in [4.69, 9.17) is 0 Å². The molecule has 9 aromatic carbocycles. The summed E-state index contributed by atoms with van der Waals surface area (Å²) in [6.45, 7) is 18.6. The van der Waals surface area contributed by atoms with Crippen molar-refractivity contribution in [3.63, 3.8) is 0 Å². The van der Waals surface area contributed by atoms with E-state index in [1.165, 1.54) is 159 Å². The minimum atomic E-state index is -0.503. The first-order valence-corrected chi connectivity index (χ1v) is 30.5. The largest absolute Gasteiger partial charge is 0.310 e. The third-order valence-electron chi connectivity index (χ3n) is 19.2. The zero-order valence-electron chi connectivity index (χ0n) is 46.5. The summed E-state index contributed by atoms with van der Waals surface area (Å²) in [7, 11) is 0. The minimum absolute atomic E-state index is 0.00340. The van der Waals surface area contributed by atoms with Crippen LogP contribution in [0.4, 0.5) is 34.1 Å². The highest BCUT2D eigenvalue weighted by molar-refractivity contribution is 7.37. The average Bonchev–Trinajstić information content (AvgIpc) is 4.23. The Bertz CT molecular complexity index is 4410. The van der Waals surface area contributed by atoms with Crippen LogP contribution in [0.3, 0.4) is 0 Å². The lowest BCUT2D eigenvalue weighted by atomic mass is 9.39. The second kappa shape index (κ2) is 16.1. The Morgan fingerprint density at radius 2 is 0.787 bits per heavy atom. The molecule has 0 saturated heterocycles. The molecule has 2 aromatic heterocycles. The molecular formula is C75H59BN2S2. The highest BCUT2D eigenvalue weighted by Crippen LogP contribution is 2.70. The van der Waals surface area contributed by atoms with Gasteiger partial charge in [0.1, 0.15) is 0 Å². The Morgan fingerprint density at radius 3 is 1.23 bits per heavy atom. The monoisotopic (exact) mass is 1060 g/mol. The van der Waals surface area contributed by atoms with Crippen LogP contribution in [0.2, 0.25) is 0 Å². The fourth-order valence-electron chi connectivity index (χ4n) is 15.7. The first-order chi connectivity index (χ1) is 38.9. The molecule has 4 heterocycles. The fourth-order valence-corrected chi connectivity index (χ4v) is 19.1. The molecule has 5 heteroatoms. The van der Waals surface area contributed by atoms with Gasteiger partial charge in [-0.25, -0.2) is 0 Å². The Morgan fingerprint density at radius 1 is 0.412 bits per heavy atom. The van der Waals surface area contributed by atoms with Gasteiger partial charge in [-0.15, -0.1) is 22.7 Å². The van der Waals surface area contributed by atoms with Gasteiger partial charge in [-0.2, -0.15) is 0 Å². The molecule has 0 saturated carbocycles. The quantitative estimate of drug-likeness (QED) is 0.162. The van der Waals surface area contributed by atoms with Gasteiger partial charge < -0.3 is 9.80 Å². The number of anilines is 6. The van der Waals surface area contributed by atoms with Gasteiger partial charge in [0.25, 0.3) is 6.71 Å². The van der Waals surface area contributed by atoms with Crippen LogP contribution >= 0.6 is 22.7 Å². The molecule has 384 valence electrons. The zero-order valence-corrected chi connectivity index (χ0v) is 48.1. The molecule has 11 aromatic rings. The molecule has 0 amide bonds. The van der Waals surface area contributed by atoms with E-state index >= 15 is 0 Å². The molecular weight excluding hydrogens is 1000 g/mol. The fraction of sp³-hybridized carbons (Fsp3) is 0.173. The first kappa shape index (κ1) is 46.9. The van der Waals surface area contributed by atoms with E-state index in [1.807, 2.05) is 0 Å². The number of hydrogen-bond acceptors (Lipinski definition) is 4. The van der Waals surface area contributed by atoms with Crippen LogP contribution in [0.5, 0.6) is 0 Å². The SMILES string of the molecule is Cc1cc2c3c(c1)N(c1ccc(C(C)(C)C)cc1)c1c(sc4c1-c1ccc(C(C)C)cc1C41c4ccccc4-c4ccccc41)B3c1sc3c(c1N2c1ccc(C(C)C)cc1)-c1ccccc1C31c2ccccc2-c2ccccc21. The molecule has 0 fully saturated rings. The van der Waals surface area contributed by atoms with Crippen LogP contribution < -0.4 is 24.8 Å². The lowest BCUT2D eigenvalue weighted by molar-refractivity contribution is 0.590. The second-order valence-electron chi connectivity index (χ2n) is 25.1. The summed E-state index contributed by atoms with van der Waals surface area (Å²) in [4.78, 5) is 8.30. The van der Waals surface area contributed by atoms with E-state index in [1.54, 1.807) is 0 Å². The summed E-state index contributed by atoms with van der Waals surface area (Å²) in [5.41, 5.74) is 32.5. The van der Waals surface area contributed by atoms with Crippen molar-refractivity contribution in [2.24, 2.45) is 0 Å². The standard InChI is InChI=1S/C75H59BN2S2/c1-42(2)45-29-34-48(35-30-45)77-62-39-44(5)40-63-66(62)76(71-67(77)64-54-23-13-18-28-60(54)74(69(64)79-71)56-24-14-9-19-50(56)51-20-10-15-25-57(51)74)72-68(78(63)49-36-32-47(33-37-49)73(6,7)8)65-55-38-31-46(43(3)4)41-61(55)75(70(65)80-72)58-26-16-11-21-52(58)53-22-12-17-27-59(53)75/h9-43H,1-8H3. The molecule has 80 heavy (non-hydrogen) atoms. The minimum Gasteiger partial charge on any atom is -0.310 e. The molecule has 2 aliphatic heterocycles. The maximum absolute atomic E-state index is 2.72. The van der Waals surface area contributed by atoms with E-state index in [9.17, 15) is 0 Å². The van der Waals surface area contributed by atoms with Crippen molar-refractivity contribution in [2.75, 3.05) is 9.80 Å². The summed E-state index contributed by atoms with van der Waals surface area (Å²) in [6.07, 6.45) is 0. The lowest BCUT2D eigenvalue weighted by Crippen LogP contribution is -2.59. The predicted molar refractivity (Wildman–Crippen MR) is 340 cm³/mol. The molecule has 0 radical (unpaired) electrons. The molecule has 17 rings (SSSR count). The highest BCUT2D eigenvalue weighted by Gasteiger charge is 2.60. The maximum Gasteiger partial charge on any atom is 0.277 e. The van der Waals surface area contributed by atoms with E-state index in [0.717, 1.165) is 0 Å². The van der Waals surface area contributed by atoms with Crippen molar-refractivity contribution >= 4 is 78.5 Å². The van der Waals surface area contributed by atoms with Crippen LogP contribution in [0, 0.1) is 6.92 Å². The van der Waals surface area contributed by atoms with Gasteiger partial charge >= 0.3 is 0 Å². The van der Waals surface area contributed by atoms with Crippen molar-refractivity contribution in [2.45, 2.75) is 83.5 Å². The van der Waals surface area contributed by atoms with Crippen molar-refractivity contribution in [1.82, 2.24) is 0 Å². The van der Waals surface area contributed by atoms with Crippen LogP contribution in [-0.4, -0.2) is 6.71 Å². The molecule has 0 unspecified atom stereocenters. The lowest BCUT2D eigenvalue weighted by Gasteiger charge is -2.43. The average molecular weight is 1060 g/mol. The first-order valence-electron chi connectivity index (χ1n) is 28.8. The Hall–Kier alpha value is -7.96. The number of fused-ring (bicyclic) bond motifs is 26. The van der Waals surface area contributed by atoms with Crippen LogP contribution in [0.15, 0.2) is 200 Å². The van der Waals surface area contributed by atoms with E-state index < -0.39 is 10.8 Å².